The van der Waals surface area contributed by atoms with Gasteiger partial charge < -0.3 is 15.2 Å². The zero-order chi connectivity index (χ0) is 13.7. The van der Waals surface area contributed by atoms with E-state index >= 15 is 0 Å². The predicted molar refractivity (Wildman–Crippen MR) is 77.4 cm³/mol. The van der Waals surface area contributed by atoms with Gasteiger partial charge in [0.05, 0.1) is 13.3 Å². The van der Waals surface area contributed by atoms with E-state index in [-0.39, 0.29) is 6.10 Å². The van der Waals surface area contributed by atoms with Crippen molar-refractivity contribution in [2.24, 2.45) is 5.73 Å². The molecular weight excluding hydrogens is 308 g/mol. The second kappa shape index (κ2) is 6.54. The van der Waals surface area contributed by atoms with Gasteiger partial charge in [-0.1, -0.05) is 12.1 Å². The molecule has 5 heteroatoms. The summed E-state index contributed by atoms with van der Waals surface area (Å²) in [5, 5.41) is 0. The Bertz CT molecular complexity index is 548. The quantitative estimate of drug-likeness (QED) is 0.919. The number of halogens is 1. The van der Waals surface area contributed by atoms with Crippen molar-refractivity contribution in [3.63, 3.8) is 0 Å². The van der Waals surface area contributed by atoms with Gasteiger partial charge in [-0.05, 0) is 39.7 Å². The summed E-state index contributed by atoms with van der Waals surface area (Å²) < 4.78 is 11.9. The van der Waals surface area contributed by atoms with Crippen LogP contribution in [0.2, 0.25) is 0 Å². The van der Waals surface area contributed by atoms with E-state index in [4.69, 9.17) is 15.2 Å². The van der Waals surface area contributed by atoms with E-state index in [0.29, 0.717) is 12.3 Å². The fourth-order valence-electron chi connectivity index (χ4n) is 1.72. The van der Waals surface area contributed by atoms with Gasteiger partial charge in [-0.15, -0.1) is 0 Å². The zero-order valence-electron chi connectivity index (χ0n) is 10.5. The minimum absolute atomic E-state index is 0.230. The summed E-state index contributed by atoms with van der Waals surface area (Å²) >= 11 is 3.36. The van der Waals surface area contributed by atoms with Gasteiger partial charge in [0.1, 0.15) is 17.6 Å². The molecule has 1 heterocycles. The normalized spacial score (nSPS) is 11.9. The Morgan fingerprint density at radius 3 is 2.79 bits per heavy atom. The molecule has 2 aromatic rings. The van der Waals surface area contributed by atoms with Crippen LogP contribution in [-0.4, -0.2) is 18.6 Å². The van der Waals surface area contributed by atoms with Crippen LogP contribution >= 0.6 is 15.9 Å². The van der Waals surface area contributed by atoms with Gasteiger partial charge in [-0.25, -0.2) is 0 Å². The Morgan fingerprint density at radius 2 is 2.11 bits per heavy atom. The number of hydrogen-bond donors (Lipinski definition) is 1. The van der Waals surface area contributed by atoms with E-state index < -0.39 is 0 Å². The molecule has 0 fully saturated rings. The molecule has 0 aliphatic carbocycles. The van der Waals surface area contributed by atoms with Gasteiger partial charge in [0.2, 0.25) is 0 Å². The highest BCUT2D eigenvalue weighted by Gasteiger charge is 2.12. The van der Waals surface area contributed by atoms with E-state index in [1.807, 2.05) is 30.3 Å². The molecule has 0 radical (unpaired) electrons. The molecule has 1 aromatic carbocycles. The number of nitrogens with two attached hydrogens (primary N) is 1. The highest BCUT2D eigenvalue weighted by molar-refractivity contribution is 9.10. The van der Waals surface area contributed by atoms with Crippen molar-refractivity contribution < 1.29 is 9.47 Å². The fraction of sp³-hybridized carbons (Fsp3) is 0.214. The molecule has 0 bridgehead atoms. The smallest absolute Gasteiger partial charge is 0.139 e. The number of rotatable bonds is 5. The number of hydrogen-bond acceptors (Lipinski definition) is 4. The molecule has 1 aromatic heterocycles. The second-order valence-corrected chi connectivity index (χ2v) is 4.87. The van der Waals surface area contributed by atoms with Crippen molar-refractivity contribution in [2.75, 3.05) is 13.7 Å². The number of methoxy groups -OCH3 is 1. The number of nitrogens with zero attached hydrogens (tertiary/aromatic N) is 1. The summed E-state index contributed by atoms with van der Waals surface area (Å²) in [4.78, 5) is 4.06. The summed E-state index contributed by atoms with van der Waals surface area (Å²) in [5.41, 5.74) is 6.76. The highest BCUT2D eigenvalue weighted by Crippen LogP contribution is 2.25. The molecule has 19 heavy (non-hydrogen) atoms. The number of pyridine rings is 1. The van der Waals surface area contributed by atoms with E-state index in [9.17, 15) is 0 Å². The first-order valence-corrected chi connectivity index (χ1v) is 6.63. The highest BCUT2D eigenvalue weighted by atomic mass is 79.9. The molecule has 0 aliphatic heterocycles. The van der Waals surface area contributed by atoms with Crippen LogP contribution in [0.3, 0.4) is 0 Å². The van der Waals surface area contributed by atoms with Crippen molar-refractivity contribution >= 4 is 15.9 Å². The van der Waals surface area contributed by atoms with E-state index in [1.165, 1.54) is 0 Å². The Labute approximate surface area is 120 Å². The standard InChI is InChI=1S/C14H15BrN2O2/c1-18-12-4-2-3-10(5-12)14(7-16)19-13-6-11(15)8-17-9-13/h2-6,8-9,14H,7,16H2,1H3. The van der Waals surface area contributed by atoms with Crippen LogP contribution in [0.25, 0.3) is 0 Å². The number of benzene rings is 1. The Kier molecular flexibility index (Phi) is 4.76. The van der Waals surface area contributed by atoms with Gasteiger partial charge in [-0.3, -0.25) is 4.98 Å². The Balaban J connectivity index is 2.19. The molecule has 0 spiro atoms. The van der Waals surface area contributed by atoms with Crippen LogP contribution in [0, 0.1) is 0 Å². The third-order valence-electron chi connectivity index (χ3n) is 2.64. The van der Waals surface area contributed by atoms with Crippen LogP contribution in [-0.2, 0) is 0 Å². The minimum Gasteiger partial charge on any atom is -0.497 e. The summed E-state index contributed by atoms with van der Waals surface area (Å²) in [6, 6.07) is 9.54. The predicted octanol–water partition coefficient (Wildman–Crippen LogP) is 2.93. The molecule has 1 atom stereocenters. The third-order valence-corrected chi connectivity index (χ3v) is 3.07. The lowest BCUT2D eigenvalue weighted by molar-refractivity contribution is 0.213. The average molecular weight is 323 g/mol. The molecule has 1 unspecified atom stereocenters. The van der Waals surface area contributed by atoms with E-state index in [1.54, 1.807) is 19.5 Å². The average Bonchev–Trinajstić information content (AvgIpc) is 2.45. The summed E-state index contributed by atoms with van der Waals surface area (Å²) in [5.74, 6) is 1.46. The van der Waals surface area contributed by atoms with Crippen molar-refractivity contribution in [1.29, 1.82) is 0 Å². The van der Waals surface area contributed by atoms with Crippen LogP contribution in [0.5, 0.6) is 11.5 Å². The maximum Gasteiger partial charge on any atom is 0.139 e. The lowest BCUT2D eigenvalue weighted by Gasteiger charge is -2.18. The first kappa shape index (κ1) is 13.8. The minimum atomic E-state index is -0.230. The van der Waals surface area contributed by atoms with E-state index in [0.717, 1.165) is 15.8 Å². The van der Waals surface area contributed by atoms with Gasteiger partial charge >= 0.3 is 0 Å². The lowest BCUT2D eigenvalue weighted by Crippen LogP contribution is -2.18. The van der Waals surface area contributed by atoms with Gasteiger partial charge in [0.15, 0.2) is 0 Å². The van der Waals surface area contributed by atoms with Gasteiger partial charge in [-0.2, -0.15) is 0 Å². The molecule has 2 rings (SSSR count). The Hall–Kier alpha value is -1.59. The molecule has 0 saturated heterocycles. The maximum atomic E-state index is 5.86. The lowest BCUT2D eigenvalue weighted by atomic mass is 10.1. The molecular formula is C14H15BrN2O2. The number of ether oxygens (including phenoxy) is 2. The molecule has 2 N–H and O–H groups in total. The Morgan fingerprint density at radius 1 is 1.26 bits per heavy atom. The zero-order valence-corrected chi connectivity index (χ0v) is 12.1. The topological polar surface area (TPSA) is 57.4 Å². The summed E-state index contributed by atoms with van der Waals surface area (Å²) in [6.07, 6.45) is 3.13. The molecule has 4 nitrogen and oxygen atoms in total. The van der Waals surface area contributed by atoms with Gasteiger partial charge in [0.25, 0.3) is 0 Å². The summed E-state index contributed by atoms with van der Waals surface area (Å²) in [7, 11) is 1.63. The number of aromatic nitrogens is 1. The van der Waals surface area contributed by atoms with Crippen molar-refractivity contribution in [3.05, 3.63) is 52.8 Å². The van der Waals surface area contributed by atoms with Crippen molar-refractivity contribution in [1.82, 2.24) is 4.98 Å². The van der Waals surface area contributed by atoms with Gasteiger partial charge in [0, 0.05) is 17.2 Å². The molecule has 100 valence electrons. The molecule has 0 saturated carbocycles. The maximum absolute atomic E-state index is 5.86. The van der Waals surface area contributed by atoms with Crippen molar-refractivity contribution in [2.45, 2.75) is 6.10 Å². The molecule has 0 amide bonds. The summed E-state index contributed by atoms with van der Waals surface area (Å²) in [6.45, 7) is 0.375. The fourth-order valence-corrected chi connectivity index (χ4v) is 2.06. The van der Waals surface area contributed by atoms with Crippen LogP contribution in [0.1, 0.15) is 11.7 Å². The first-order chi connectivity index (χ1) is 9.22. The monoisotopic (exact) mass is 322 g/mol. The SMILES string of the molecule is COc1cccc(C(CN)Oc2cncc(Br)c2)c1. The second-order valence-electron chi connectivity index (χ2n) is 3.96. The van der Waals surface area contributed by atoms with E-state index in [2.05, 4.69) is 20.9 Å². The van der Waals surface area contributed by atoms with Crippen LogP contribution in [0.15, 0.2) is 47.2 Å². The molecule has 0 aliphatic rings. The van der Waals surface area contributed by atoms with Crippen LogP contribution in [0.4, 0.5) is 0 Å². The third kappa shape index (κ3) is 3.68. The first-order valence-electron chi connectivity index (χ1n) is 5.84. The van der Waals surface area contributed by atoms with Crippen LogP contribution < -0.4 is 15.2 Å². The van der Waals surface area contributed by atoms with Crippen molar-refractivity contribution in [3.8, 4) is 11.5 Å². The largest absolute Gasteiger partial charge is 0.497 e.